The maximum Gasteiger partial charge on any atom is 0.234 e. The Bertz CT molecular complexity index is 1060. The van der Waals surface area contributed by atoms with Crippen LogP contribution in [0.25, 0.3) is 0 Å². The van der Waals surface area contributed by atoms with Gasteiger partial charge < -0.3 is 24.1 Å². The average molecular weight is 463 g/mol. The van der Waals surface area contributed by atoms with Crippen molar-refractivity contribution >= 4 is 35.0 Å². The number of ether oxygens (including phenoxy) is 3. The average Bonchev–Trinajstić information content (AvgIpc) is 3.14. The number of para-hydroxylation sites is 1. The third-order valence-corrected chi connectivity index (χ3v) is 5.72. The van der Waals surface area contributed by atoms with Crippen LogP contribution in [-0.4, -0.2) is 40.6 Å². The minimum Gasteiger partial charge on any atom is -0.497 e. The van der Waals surface area contributed by atoms with Gasteiger partial charge >= 0.3 is 0 Å². The fourth-order valence-corrected chi connectivity index (χ4v) is 3.71. The number of thioether (sulfide) groups is 1. The number of hydrogen-bond donors (Lipinski definition) is 1. The van der Waals surface area contributed by atoms with E-state index in [0.717, 1.165) is 0 Å². The van der Waals surface area contributed by atoms with Crippen LogP contribution in [-0.2, 0) is 11.8 Å². The molecule has 1 N–H and O–H groups in total. The lowest BCUT2D eigenvalue weighted by atomic mass is 10.2. The van der Waals surface area contributed by atoms with Crippen molar-refractivity contribution in [2.75, 3.05) is 25.3 Å². The number of rotatable bonds is 9. The summed E-state index contributed by atoms with van der Waals surface area (Å²) in [6.45, 7) is 1.87. The number of nitrogens with one attached hydrogen (secondary N) is 1. The van der Waals surface area contributed by atoms with Crippen molar-refractivity contribution in [1.29, 1.82) is 0 Å². The molecule has 0 aliphatic heterocycles. The summed E-state index contributed by atoms with van der Waals surface area (Å²) in [6.07, 6.45) is -0.371. The van der Waals surface area contributed by atoms with Gasteiger partial charge in [0.2, 0.25) is 5.91 Å². The van der Waals surface area contributed by atoms with Crippen molar-refractivity contribution in [2.24, 2.45) is 7.05 Å². The molecule has 1 atom stereocenters. The Kier molecular flexibility index (Phi) is 7.64. The number of carbonyl (C=O) groups is 1. The second-order valence-corrected chi connectivity index (χ2v) is 7.84. The van der Waals surface area contributed by atoms with Crippen molar-refractivity contribution in [1.82, 2.24) is 14.8 Å². The van der Waals surface area contributed by atoms with E-state index in [2.05, 4.69) is 15.5 Å². The number of nitrogens with zero attached hydrogens (tertiary/aromatic N) is 3. The molecule has 0 saturated carbocycles. The number of anilines is 1. The summed E-state index contributed by atoms with van der Waals surface area (Å²) in [4.78, 5) is 12.4. The van der Waals surface area contributed by atoms with E-state index in [1.807, 2.05) is 26.1 Å². The molecule has 31 heavy (non-hydrogen) atoms. The predicted octanol–water partition coefficient (Wildman–Crippen LogP) is 4.36. The van der Waals surface area contributed by atoms with Crippen LogP contribution in [0, 0.1) is 0 Å². The SMILES string of the molecule is COc1ccc(NC(=O)CSc2nnc(C(C)Oc3ccccc3Cl)n2C)c(OC)c1. The number of aromatic nitrogens is 3. The van der Waals surface area contributed by atoms with Crippen LogP contribution in [0.1, 0.15) is 18.9 Å². The first-order chi connectivity index (χ1) is 14.9. The van der Waals surface area contributed by atoms with Crippen LogP contribution in [0.2, 0.25) is 5.02 Å². The third kappa shape index (κ3) is 5.62. The Morgan fingerprint density at radius 1 is 1.16 bits per heavy atom. The highest BCUT2D eigenvalue weighted by Gasteiger charge is 2.19. The Morgan fingerprint density at radius 3 is 2.65 bits per heavy atom. The quantitative estimate of drug-likeness (QED) is 0.473. The van der Waals surface area contributed by atoms with Gasteiger partial charge in [0.05, 0.1) is 30.7 Å². The molecule has 3 rings (SSSR count). The smallest absolute Gasteiger partial charge is 0.234 e. The molecule has 0 saturated heterocycles. The zero-order valence-electron chi connectivity index (χ0n) is 17.6. The van der Waals surface area contributed by atoms with Crippen LogP contribution in [0.5, 0.6) is 17.2 Å². The minimum atomic E-state index is -0.371. The van der Waals surface area contributed by atoms with Gasteiger partial charge in [-0.3, -0.25) is 4.79 Å². The number of hydrogen-bond acceptors (Lipinski definition) is 7. The van der Waals surface area contributed by atoms with Gasteiger partial charge in [-0.1, -0.05) is 35.5 Å². The molecule has 0 aliphatic carbocycles. The van der Waals surface area contributed by atoms with Gasteiger partial charge in [0.15, 0.2) is 17.1 Å². The summed E-state index contributed by atoms with van der Waals surface area (Å²) in [7, 11) is 4.93. The van der Waals surface area contributed by atoms with E-state index in [0.29, 0.717) is 38.9 Å². The van der Waals surface area contributed by atoms with E-state index < -0.39 is 0 Å². The monoisotopic (exact) mass is 462 g/mol. The largest absolute Gasteiger partial charge is 0.497 e. The second-order valence-electron chi connectivity index (χ2n) is 6.49. The topological polar surface area (TPSA) is 87.5 Å². The first-order valence-corrected chi connectivity index (χ1v) is 10.7. The van der Waals surface area contributed by atoms with E-state index >= 15 is 0 Å². The lowest BCUT2D eigenvalue weighted by Gasteiger charge is -2.15. The summed E-state index contributed by atoms with van der Waals surface area (Å²) in [5.41, 5.74) is 0.564. The Morgan fingerprint density at radius 2 is 1.94 bits per heavy atom. The molecule has 0 aliphatic rings. The molecule has 0 radical (unpaired) electrons. The van der Waals surface area contributed by atoms with Crippen molar-refractivity contribution in [3.63, 3.8) is 0 Å². The molecular formula is C21H23ClN4O4S. The van der Waals surface area contributed by atoms with Crippen LogP contribution in [0.3, 0.4) is 0 Å². The molecule has 164 valence electrons. The summed E-state index contributed by atoms with van der Waals surface area (Å²) in [5.74, 6) is 2.31. The highest BCUT2D eigenvalue weighted by molar-refractivity contribution is 7.99. The fraction of sp³-hybridized carbons (Fsp3) is 0.286. The Balaban J connectivity index is 1.61. The first-order valence-electron chi connectivity index (χ1n) is 9.38. The van der Waals surface area contributed by atoms with E-state index in [4.69, 9.17) is 25.8 Å². The summed E-state index contributed by atoms with van der Waals surface area (Å²) < 4.78 is 18.2. The molecule has 1 unspecified atom stereocenters. The molecule has 0 spiro atoms. The number of amides is 1. The van der Waals surface area contributed by atoms with Crippen molar-refractivity contribution in [2.45, 2.75) is 18.2 Å². The van der Waals surface area contributed by atoms with Gasteiger partial charge in [-0.25, -0.2) is 0 Å². The summed E-state index contributed by atoms with van der Waals surface area (Å²) >= 11 is 7.43. The second kappa shape index (κ2) is 10.4. The van der Waals surface area contributed by atoms with Gasteiger partial charge in [0.1, 0.15) is 17.2 Å². The number of carbonyl (C=O) groups excluding carboxylic acids is 1. The molecule has 1 heterocycles. The normalized spacial score (nSPS) is 11.6. The molecule has 1 aromatic heterocycles. The minimum absolute atomic E-state index is 0.154. The molecule has 8 nitrogen and oxygen atoms in total. The van der Waals surface area contributed by atoms with E-state index in [1.165, 1.54) is 18.9 Å². The van der Waals surface area contributed by atoms with E-state index in [1.54, 1.807) is 42.0 Å². The predicted molar refractivity (Wildman–Crippen MR) is 120 cm³/mol. The van der Waals surface area contributed by atoms with Crippen molar-refractivity contribution in [3.8, 4) is 17.2 Å². The van der Waals surface area contributed by atoms with Gasteiger partial charge in [-0.05, 0) is 31.2 Å². The Hall–Kier alpha value is -2.91. The Labute approximate surface area is 189 Å². The van der Waals surface area contributed by atoms with Crippen molar-refractivity contribution in [3.05, 3.63) is 53.3 Å². The molecule has 0 fully saturated rings. The zero-order valence-corrected chi connectivity index (χ0v) is 19.2. The van der Waals surface area contributed by atoms with Crippen molar-refractivity contribution < 1.29 is 19.0 Å². The molecule has 3 aromatic rings. The zero-order chi connectivity index (χ0) is 22.4. The fourth-order valence-electron chi connectivity index (χ4n) is 2.81. The standard InChI is InChI=1S/C21H23ClN4O4S/c1-13(30-17-8-6-5-7-15(17)22)20-24-25-21(26(20)2)31-12-19(27)23-16-10-9-14(28-3)11-18(16)29-4/h5-11,13H,12H2,1-4H3,(H,23,27). The summed E-state index contributed by atoms with van der Waals surface area (Å²) in [5, 5.41) is 12.3. The van der Waals surface area contributed by atoms with Crippen LogP contribution in [0.15, 0.2) is 47.6 Å². The van der Waals surface area contributed by atoms with Gasteiger partial charge in [-0.15, -0.1) is 10.2 Å². The molecule has 1 amide bonds. The van der Waals surface area contributed by atoms with Gasteiger partial charge in [0.25, 0.3) is 0 Å². The molecule has 0 bridgehead atoms. The number of halogens is 1. The van der Waals surface area contributed by atoms with Crippen LogP contribution >= 0.6 is 23.4 Å². The molecule has 10 heteroatoms. The number of methoxy groups -OCH3 is 2. The van der Waals surface area contributed by atoms with Crippen LogP contribution < -0.4 is 19.5 Å². The van der Waals surface area contributed by atoms with E-state index in [9.17, 15) is 4.79 Å². The lowest BCUT2D eigenvalue weighted by Crippen LogP contribution is -2.15. The van der Waals surface area contributed by atoms with Gasteiger partial charge in [-0.2, -0.15) is 0 Å². The summed E-state index contributed by atoms with van der Waals surface area (Å²) in [6, 6.07) is 12.4. The number of benzene rings is 2. The maximum absolute atomic E-state index is 12.4. The van der Waals surface area contributed by atoms with E-state index in [-0.39, 0.29) is 17.8 Å². The first kappa shape index (κ1) is 22.8. The molecular weight excluding hydrogens is 440 g/mol. The lowest BCUT2D eigenvalue weighted by molar-refractivity contribution is -0.113. The maximum atomic E-state index is 12.4. The van der Waals surface area contributed by atoms with Gasteiger partial charge in [0, 0.05) is 13.1 Å². The third-order valence-electron chi connectivity index (χ3n) is 4.39. The highest BCUT2D eigenvalue weighted by atomic mass is 35.5. The van der Waals surface area contributed by atoms with Crippen LogP contribution in [0.4, 0.5) is 5.69 Å². The molecule has 2 aromatic carbocycles. The highest BCUT2D eigenvalue weighted by Crippen LogP contribution is 2.30.